The Morgan fingerprint density at radius 3 is 2.56 bits per heavy atom. The summed E-state index contributed by atoms with van der Waals surface area (Å²) in [4.78, 5) is 26.7. The normalized spacial score (nSPS) is 21.1. The molecule has 138 valence electrons. The molecule has 2 aliphatic rings. The average molecular weight is 389 g/mol. The van der Waals surface area contributed by atoms with Crippen molar-refractivity contribution in [1.82, 2.24) is 5.01 Å². The predicted octanol–water partition coefficient (Wildman–Crippen LogP) is 2.98. The molecule has 1 fully saturated rings. The highest BCUT2D eigenvalue weighted by Gasteiger charge is 2.54. The van der Waals surface area contributed by atoms with Crippen LogP contribution in [0.25, 0.3) is 0 Å². The standard InChI is InChI=1S/C18H14ClFN4O3/c1-27-13-6-4-12(5-7-13)24-17(25)15-16(18(24)26)23(22-21-15)9-10-2-3-11(20)8-14(10)19/h2-8,15-16H,9H2,1H3/t15-,16+/m0/s1. The van der Waals surface area contributed by atoms with Gasteiger partial charge in [-0.05, 0) is 42.0 Å². The molecule has 0 N–H and O–H groups in total. The Kier molecular flexibility index (Phi) is 4.27. The first-order chi connectivity index (χ1) is 13.0. The minimum atomic E-state index is -0.904. The molecule has 0 aliphatic carbocycles. The zero-order chi connectivity index (χ0) is 19.1. The third kappa shape index (κ3) is 2.91. The summed E-state index contributed by atoms with van der Waals surface area (Å²) in [6.07, 6.45) is 0. The van der Waals surface area contributed by atoms with Crippen LogP contribution in [0.2, 0.25) is 5.02 Å². The SMILES string of the molecule is COc1ccc(N2C(=O)[C@H]3N=NN(Cc4ccc(F)cc4Cl)[C@H]3C2=O)cc1. The third-order valence-corrected chi connectivity index (χ3v) is 4.89. The van der Waals surface area contributed by atoms with Crippen LogP contribution in [0.5, 0.6) is 5.75 Å². The summed E-state index contributed by atoms with van der Waals surface area (Å²) in [5.41, 5.74) is 1.02. The molecule has 2 aliphatic heterocycles. The fourth-order valence-electron chi connectivity index (χ4n) is 3.16. The van der Waals surface area contributed by atoms with E-state index in [9.17, 15) is 14.0 Å². The summed E-state index contributed by atoms with van der Waals surface area (Å²) < 4.78 is 18.3. The number of hydrogen-bond donors (Lipinski definition) is 0. The first-order valence-corrected chi connectivity index (χ1v) is 8.50. The molecule has 27 heavy (non-hydrogen) atoms. The van der Waals surface area contributed by atoms with Crippen LogP contribution in [0.3, 0.4) is 0 Å². The molecule has 0 radical (unpaired) electrons. The van der Waals surface area contributed by atoms with Crippen molar-refractivity contribution >= 4 is 29.1 Å². The Bertz CT molecular complexity index is 950. The van der Waals surface area contributed by atoms with E-state index in [1.165, 1.54) is 30.3 Å². The predicted molar refractivity (Wildman–Crippen MR) is 94.9 cm³/mol. The number of halogens is 2. The summed E-state index contributed by atoms with van der Waals surface area (Å²) in [6.45, 7) is 0.138. The maximum atomic E-state index is 13.2. The molecule has 4 rings (SSSR count). The smallest absolute Gasteiger partial charge is 0.263 e. The van der Waals surface area contributed by atoms with Gasteiger partial charge in [0.05, 0.1) is 19.3 Å². The van der Waals surface area contributed by atoms with Gasteiger partial charge >= 0.3 is 0 Å². The molecular formula is C18H14ClFN4O3. The van der Waals surface area contributed by atoms with Gasteiger partial charge in [0.2, 0.25) is 0 Å². The van der Waals surface area contributed by atoms with Crippen LogP contribution in [0.15, 0.2) is 52.8 Å². The summed E-state index contributed by atoms with van der Waals surface area (Å²) in [7, 11) is 1.53. The highest BCUT2D eigenvalue weighted by atomic mass is 35.5. The molecule has 2 aromatic rings. The molecule has 2 amide bonds. The van der Waals surface area contributed by atoms with E-state index in [4.69, 9.17) is 16.3 Å². The summed E-state index contributed by atoms with van der Waals surface area (Å²) in [6, 6.07) is 8.83. The number of benzene rings is 2. The Hall–Kier alpha value is -3.00. The van der Waals surface area contributed by atoms with Gasteiger partial charge in [0.25, 0.3) is 11.8 Å². The van der Waals surface area contributed by atoms with Gasteiger partial charge in [-0.3, -0.25) is 14.6 Å². The number of rotatable bonds is 4. The molecule has 7 nitrogen and oxygen atoms in total. The lowest BCUT2D eigenvalue weighted by Crippen LogP contribution is -2.39. The van der Waals surface area contributed by atoms with Gasteiger partial charge in [0, 0.05) is 5.02 Å². The molecule has 0 saturated carbocycles. The lowest BCUT2D eigenvalue weighted by atomic mass is 10.1. The number of fused-ring (bicyclic) bond motifs is 1. The number of ether oxygens (including phenoxy) is 1. The number of anilines is 1. The molecule has 2 heterocycles. The lowest BCUT2D eigenvalue weighted by Gasteiger charge is -2.21. The van der Waals surface area contributed by atoms with E-state index in [0.717, 1.165) is 4.90 Å². The number of carbonyl (C=O) groups excluding carboxylic acids is 2. The monoisotopic (exact) mass is 388 g/mol. The zero-order valence-corrected chi connectivity index (χ0v) is 14.9. The van der Waals surface area contributed by atoms with Crippen molar-refractivity contribution in [3.63, 3.8) is 0 Å². The quantitative estimate of drug-likeness (QED) is 0.755. The molecule has 2 atom stereocenters. The minimum absolute atomic E-state index is 0.138. The molecule has 9 heteroatoms. The van der Waals surface area contributed by atoms with E-state index in [2.05, 4.69) is 10.3 Å². The van der Waals surface area contributed by atoms with E-state index < -0.39 is 29.7 Å². The maximum absolute atomic E-state index is 13.2. The number of amides is 2. The van der Waals surface area contributed by atoms with Crippen LogP contribution in [0.4, 0.5) is 10.1 Å². The zero-order valence-electron chi connectivity index (χ0n) is 14.2. The van der Waals surface area contributed by atoms with Crippen molar-refractivity contribution < 1.29 is 18.7 Å². The van der Waals surface area contributed by atoms with Gasteiger partial charge < -0.3 is 4.74 Å². The van der Waals surface area contributed by atoms with Crippen molar-refractivity contribution in [1.29, 1.82) is 0 Å². The number of hydrogen-bond acceptors (Lipinski definition) is 6. The first-order valence-electron chi connectivity index (χ1n) is 8.13. The van der Waals surface area contributed by atoms with Gasteiger partial charge in [-0.1, -0.05) is 22.9 Å². The molecular weight excluding hydrogens is 375 g/mol. The van der Waals surface area contributed by atoms with Crippen molar-refractivity contribution in [3.05, 3.63) is 58.9 Å². The van der Waals surface area contributed by atoms with Crippen molar-refractivity contribution in [2.24, 2.45) is 10.3 Å². The van der Waals surface area contributed by atoms with Gasteiger partial charge in [0.1, 0.15) is 11.6 Å². The highest BCUT2D eigenvalue weighted by molar-refractivity contribution is 6.31. The Morgan fingerprint density at radius 1 is 1.15 bits per heavy atom. The van der Waals surface area contributed by atoms with E-state index >= 15 is 0 Å². The summed E-state index contributed by atoms with van der Waals surface area (Å²) >= 11 is 6.06. The molecule has 0 unspecified atom stereocenters. The second-order valence-electron chi connectivity index (χ2n) is 6.14. The van der Waals surface area contributed by atoms with Gasteiger partial charge in [0.15, 0.2) is 12.1 Å². The lowest BCUT2D eigenvalue weighted by molar-refractivity contribution is -0.123. The summed E-state index contributed by atoms with van der Waals surface area (Å²) in [5.74, 6) is -0.696. The van der Waals surface area contributed by atoms with Gasteiger partial charge in [-0.15, -0.1) is 0 Å². The topological polar surface area (TPSA) is 74.6 Å². The van der Waals surface area contributed by atoms with Crippen molar-refractivity contribution in [2.75, 3.05) is 12.0 Å². The minimum Gasteiger partial charge on any atom is -0.497 e. The average Bonchev–Trinajstić information content (AvgIpc) is 3.18. The fourth-order valence-corrected chi connectivity index (χ4v) is 3.39. The number of imide groups is 1. The number of methoxy groups -OCH3 is 1. The van der Waals surface area contributed by atoms with Crippen LogP contribution in [0.1, 0.15) is 5.56 Å². The van der Waals surface area contributed by atoms with Crippen LogP contribution in [-0.2, 0) is 16.1 Å². The molecule has 0 spiro atoms. The molecule has 0 bridgehead atoms. The highest BCUT2D eigenvalue weighted by Crippen LogP contribution is 2.34. The summed E-state index contributed by atoms with van der Waals surface area (Å²) in [5, 5.41) is 9.54. The second-order valence-corrected chi connectivity index (χ2v) is 6.55. The van der Waals surface area contributed by atoms with Crippen LogP contribution < -0.4 is 9.64 Å². The van der Waals surface area contributed by atoms with Crippen molar-refractivity contribution in [3.8, 4) is 5.75 Å². The van der Waals surface area contributed by atoms with Crippen molar-refractivity contribution in [2.45, 2.75) is 18.6 Å². The number of nitrogens with zero attached hydrogens (tertiary/aromatic N) is 4. The Labute approximate surface area is 159 Å². The van der Waals surface area contributed by atoms with Crippen LogP contribution in [0, 0.1) is 5.82 Å². The van der Waals surface area contributed by atoms with Gasteiger partial charge in [-0.25, -0.2) is 9.29 Å². The maximum Gasteiger partial charge on any atom is 0.263 e. The molecule has 1 saturated heterocycles. The largest absolute Gasteiger partial charge is 0.497 e. The van der Waals surface area contributed by atoms with Gasteiger partial charge in [-0.2, -0.15) is 5.11 Å². The molecule has 2 aromatic carbocycles. The fraction of sp³-hybridized carbons (Fsp3) is 0.222. The van der Waals surface area contributed by atoms with E-state index in [1.54, 1.807) is 24.3 Å². The van der Waals surface area contributed by atoms with E-state index in [0.29, 0.717) is 17.0 Å². The van der Waals surface area contributed by atoms with E-state index in [-0.39, 0.29) is 11.6 Å². The Morgan fingerprint density at radius 2 is 1.89 bits per heavy atom. The number of carbonyl (C=O) groups is 2. The second kappa shape index (κ2) is 6.62. The molecule has 0 aromatic heterocycles. The third-order valence-electron chi connectivity index (χ3n) is 4.54. The van der Waals surface area contributed by atoms with E-state index in [1.807, 2.05) is 0 Å². The van der Waals surface area contributed by atoms with Crippen LogP contribution in [-0.4, -0.2) is 36.0 Å². The van der Waals surface area contributed by atoms with Crippen LogP contribution >= 0.6 is 11.6 Å². The first kappa shape index (κ1) is 17.4. The Balaban J connectivity index is 1.59.